The maximum absolute atomic E-state index is 9.09. The molecule has 1 heterocycles. The van der Waals surface area contributed by atoms with E-state index in [-0.39, 0.29) is 0 Å². The first-order chi connectivity index (χ1) is 8.78. The second kappa shape index (κ2) is 7.04. The van der Waals surface area contributed by atoms with E-state index in [1.807, 2.05) is 0 Å². The second-order valence-corrected chi connectivity index (χ2v) is 5.93. The van der Waals surface area contributed by atoms with Crippen molar-refractivity contribution in [3.8, 4) is 0 Å². The monoisotopic (exact) mass is 313 g/mol. The Bertz CT molecular complexity index is 350. The van der Waals surface area contributed by atoms with Gasteiger partial charge >= 0.3 is 0 Å². The molecule has 0 bridgehead atoms. The van der Waals surface area contributed by atoms with Crippen LogP contribution in [0.15, 0.2) is 16.9 Å². The molecule has 0 aliphatic heterocycles. The van der Waals surface area contributed by atoms with E-state index >= 15 is 0 Å². The zero-order valence-corrected chi connectivity index (χ0v) is 12.1. The van der Waals surface area contributed by atoms with Gasteiger partial charge in [0.25, 0.3) is 0 Å². The van der Waals surface area contributed by atoms with Gasteiger partial charge in [-0.15, -0.1) is 0 Å². The van der Waals surface area contributed by atoms with Gasteiger partial charge < -0.3 is 10.4 Å². The molecule has 0 radical (unpaired) electrons. The maximum Gasteiger partial charge on any atom is 0.222 e. The summed E-state index contributed by atoms with van der Waals surface area (Å²) in [5.74, 6) is 2.03. The molecule has 5 heteroatoms. The van der Waals surface area contributed by atoms with Crippen molar-refractivity contribution in [3.05, 3.63) is 16.9 Å². The lowest BCUT2D eigenvalue weighted by Gasteiger charge is -2.27. The van der Waals surface area contributed by atoms with Crippen LogP contribution in [0.2, 0.25) is 0 Å². The van der Waals surface area contributed by atoms with E-state index in [1.165, 1.54) is 25.7 Å². The van der Waals surface area contributed by atoms with Gasteiger partial charge in [0.2, 0.25) is 5.95 Å². The van der Waals surface area contributed by atoms with Crippen LogP contribution >= 0.6 is 15.9 Å². The largest absolute Gasteiger partial charge is 0.396 e. The molecule has 0 spiro atoms. The molecule has 1 aromatic rings. The molecule has 0 atom stereocenters. The SMILES string of the molecule is OCC1CCC(CCNc2ncc(Br)cn2)CC1. The third-order valence-electron chi connectivity index (χ3n) is 3.68. The summed E-state index contributed by atoms with van der Waals surface area (Å²) in [7, 11) is 0. The number of anilines is 1. The lowest BCUT2D eigenvalue weighted by atomic mass is 9.81. The number of halogens is 1. The third kappa shape index (κ3) is 4.21. The highest BCUT2D eigenvalue weighted by molar-refractivity contribution is 9.10. The highest BCUT2D eigenvalue weighted by Crippen LogP contribution is 2.30. The molecule has 0 amide bonds. The second-order valence-electron chi connectivity index (χ2n) is 5.01. The number of aromatic nitrogens is 2. The van der Waals surface area contributed by atoms with Crippen LogP contribution in [0, 0.1) is 11.8 Å². The Morgan fingerprint density at radius 2 is 1.78 bits per heavy atom. The molecule has 18 heavy (non-hydrogen) atoms. The summed E-state index contributed by atoms with van der Waals surface area (Å²) >= 11 is 3.32. The number of aliphatic hydroxyl groups is 1. The smallest absolute Gasteiger partial charge is 0.222 e. The van der Waals surface area contributed by atoms with E-state index in [0.29, 0.717) is 18.5 Å². The number of hydrogen-bond acceptors (Lipinski definition) is 4. The Morgan fingerprint density at radius 3 is 2.39 bits per heavy atom. The van der Waals surface area contributed by atoms with E-state index in [1.54, 1.807) is 12.4 Å². The number of aliphatic hydroxyl groups excluding tert-OH is 1. The molecule has 100 valence electrons. The van der Waals surface area contributed by atoms with Crippen molar-refractivity contribution in [2.24, 2.45) is 11.8 Å². The van der Waals surface area contributed by atoms with Gasteiger partial charge in [0.1, 0.15) is 0 Å². The van der Waals surface area contributed by atoms with Crippen LogP contribution in [0.3, 0.4) is 0 Å². The molecule has 1 aliphatic carbocycles. The van der Waals surface area contributed by atoms with Gasteiger partial charge in [-0.2, -0.15) is 0 Å². The Labute approximate surface area is 116 Å². The maximum atomic E-state index is 9.09. The van der Waals surface area contributed by atoms with E-state index in [4.69, 9.17) is 5.11 Å². The van der Waals surface area contributed by atoms with Gasteiger partial charge in [-0.05, 0) is 47.0 Å². The molecule has 2 rings (SSSR count). The minimum atomic E-state index is 0.359. The van der Waals surface area contributed by atoms with Crippen LogP contribution in [0.4, 0.5) is 5.95 Å². The lowest BCUT2D eigenvalue weighted by Crippen LogP contribution is -2.19. The third-order valence-corrected chi connectivity index (χ3v) is 4.09. The average Bonchev–Trinajstić information content (AvgIpc) is 2.42. The molecule has 1 aromatic heterocycles. The van der Waals surface area contributed by atoms with Gasteiger partial charge in [-0.25, -0.2) is 9.97 Å². The highest BCUT2D eigenvalue weighted by atomic mass is 79.9. The lowest BCUT2D eigenvalue weighted by molar-refractivity contribution is 0.165. The molecule has 0 saturated heterocycles. The molecular formula is C13H20BrN3O. The van der Waals surface area contributed by atoms with Crippen LogP contribution in [-0.4, -0.2) is 28.2 Å². The van der Waals surface area contributed by atoms with Gasteiger partial charge in [0, 0.05) is 25.5 Å². The highest BCUT2D eigenvalue weighted by Gasteiger charge is 2.20. The van der Waals surface area contributed by atoms with Crippen LogP contribution in [-0.2, 0) is 0 Å². The number of nitrogens with zero attached hydrogens (tertiary/aromatic N) is 2. The van der Waals surface area contributed by atoms with E-state index in [9.17, 15) is 0 Å². The molecule has 0 unspecified atom stereocenters. The molecular weight excluding hydrogens is 294 g/mol. The average molecular weight is 314 g/mol. The summed E-state index contributed by atoms with van der Waals surface area (Å²) in [5, 5.41) is 12.3. The number of hydrogen-bond donors (Lipinski definition) is 2. The summed E-state index contributed by atoms with van der Waals surface area (Å²) in [6.45, 7) is 1.29. The normalized spacial score (nSPS) is 23.9. The molecule has 1 aliphatic rings. The van der Waals surface area contributed by atoms with Crippen LogP contribution in [0.5, 0.6) is 0 Å². The molecule has 2 N–H and O–H groups in total. The summed E-state index contributed by atoms with van der Waals surface area (Å²) in [6.07, 6.45) is 9.51. The fraction of sp³-hybridized carbons (Fsp3) is 0.692. The van der Waals surface area contributed by atoms with Crippen molar-refractivity contribution in [2.75, 3.05) is 18.5 Å². The Hall–Kier alpha value is -0.680. The molecule has 1 fully saturated rings. The predicted molar refractivity (Wildman–Crippen MR) is 75.4 cm³/mol. The Morgan fingerprint density at radius 1 is 1.17 bits per heavy atom. The Balaban J connectivity index is 1.65. The van der Waals surface area contributed by atoms with E-state index < -0.39 is 0 Å². The van der Waals surface area contributed by atoms with Gasteiger partial charge in [-0.3, -0.25) is 0 Å². The van der Waals surface area contributed by atoms with Crippen molar-refractivity contribution in [1.82, 2.24) is 9.97 Å². The number of nitrogens with one attached hydrogen (secondary N) is 1. The van der Waals surface area contributed by atoms with Crippen molar-refractivity contribution < 1.29 is 5.11 Å². The van der Waals surface area contributed by atoms with Crippen LogP contribution in [0.25, 0.3) is 0 Å². The van der Waals surface area contributed by atoms with Crippen molar-refractivity contribution in [3.63, 3.8) is 0 Å². The predicted octanol–water partition coefficient (Wildman–Crippen LogP) is 2.84. The van der Waals surface area contributed by atoms with Crippen molar-refractivity contribution in [2.45, 2.75) is 32.1 Å². The summed E-state index contributed by atoms with van der Waals surface area (Å²) in [5.41, 5.74) is 0. The van der Waals surface area contributed by atoms with Gasteiger partial charge in [0.05, 0.1) is 4.47 Å². The van der Waals surface area contributed by atoms with Crippen LogP contribution in [0.1, 0.15) is 32.1 Å². The first-order valence-corrected chi connectivity index (χ1v) is 7.39. The first-order valence-electron chi connectivity index (χ1n) is 6.60. The fourth-order valence-electron chi connectivity index (χ4n) is 2.49. The number of rotatable bonds is 5. The van der Waals surface area contributed by atoms with E-state index in [2.05, 4.69) is 31.2 Å². The van der Waals surface area contributed by atoms with Crippen molar-refractivity contribution >= 4 is 21.9 Å². The van der Waals surface area contributed by atoms with Gasteiger partial charge in [0.15, 0.2) is 0 Å². The summed E-state index contributed by atoms with van der Waals surface area (Å²) < 4.78 is 0.898. The molecule has 0 aromatic carbocycles. The summed E-state index contributed by atoms with van der Waals surface area (Å²) in [6, 6.07) is 0. The quantitative estimate of drug-likeness (QED) is 0.877. The topological polar surface area (TPSA) is 58.0 Å². The van der Waals surface area contributed by atoms with Crippen LogP contribution < -0.4 is 5.32 Å². The van der Waals surface area contributed by atoms with Gasteiger partial charge in [-0.1, -0.05) is 12.8 Å². The molecule has 4 nitrogen and oxygen atoms in total. The fourth-order valence-corrected chi connectivity index (χ4v) is 2.70. The minimum absolute atomic E-state index is 0.359. The Kier molecular flexibility index (Phi) is 5.38. The van der Waals surface area contributed by atoms with Crippen molar-refractivity contribution in [1.29, 1.82) is 0 Å². The summed E-state index contributed by atoms with van der Waals surface area (Å²) in [4.78, 5) is 8.37. The van der Waals surface area contributed by atoms with E-state index in [0.717, 1.165) is 23.4 Å². The zero-order valence-electron chi connectivity index (χ0n) is 10.5. The zero-order chi connectivity index (χ0) is 12.8. The first kappa shape index (κ1) is 13.7. The standard InChI is InChI=1S/C13H20BrN3O/c14-12-7-16-13(17-8-12)15-6-5-10-1-3-11(9-18)4-2-10/h7-8,10-11,18H,1-6,9H2,(H,15,16,17). The minimum Gasteiger partial charge on any atom is -0.396 e. The molecule has 1 saturated carbocycles.